The Bertz CT molecular complexity index is 394. The van der Waals surface area contributed by atoms with Crippen LogP contribution < -0.4 is 4.46 Å². The molecule has 0 spiro atoms. The molecule has 17 heavy (non-hydrogen) atoms. The van der Waals surface area contributed by atoms with Crippen molar-refractivity contribution >= 4 is 19.4 Å². The molecule has 0 aliphatic heterocycles. The molecule has 90 valence electrons. The van der Waals surface area contributed by atoms with Crippen molar-refractivity contribution in [1.82, 2.24) is 0 Å². The summed E-state index contributed by atoms with van der Waals surface area (Å²) in [6.07, 6.45) is 6.42. The van der Waals surface area contributed by atoms with Crippen LogP contribution in [-0.4, -0.2) is 25.7 Å². The summed E-state index contributed by atoms with van der Waals surface area (Å²) in [5.74, 6) is 3.12. The van der Waals surface area contributed by atoms with Crippen LogP contribution in [0.25, 0.3) is 0 Å². The fourth-order valence-corrected chi connectivity index (χ4v) is 3.47. The molecular weight excluding hydrogens is 275 g/mol. The van der Waals surface area contributed by atoms with Gasteiger partial charge in [-0.3, -0.25) is 0 Å². The molecule has 0 bridgehead atoms. The van der Waals surface area contributed by atoms with Gasteiger partial charge in [-0.15, -0.1) is 0 Å². The third-order valence-electron chi connectivity index (χ3n) is 3.13. The molecule has 1 aromatic rings. The molecule has 1 N–H and O–H groups in total. The van der Waals surface area contributed by atoms with Crippen molar-refractivity contribution in [3.05, 3.63) is 30.3 Å². The number of hydrogen-bond acceptors (Lipinski definition) is 1. The van der Waals surface area contributed by atoms with E-state index in [1.54, 1.807) is 0 Å². The molecule has 1 fully saturated rings. The molecule has 0 amide bonds. The molecule has 1 saturated carbocycles. The van der Waals surface area contributed by atoms with Crippen LogP contribution in [0.5, 0.6) is 0 Å². The van der Waals surface area contributed by atoms with Crippen LogP contribution in [0.1, 0.15) is 38.5 Å². The average molecular weight is 293 g/mol. The van der Waals surface area contributed by atoms with Crippen LogP contribution in [-0.2, 0) is 0 Å². The molecule has 1 aliphatic rings. The van der Waals surface area contributed by atoms with Crippen molar-refractivity contribution in [1.29, 1.82) is 0 Å². The Kier molecular flexibility index (Phi) is 4.68. The third-order valence-corrected chi connectivity index (χ3v) is 4.62. The Balaban J connectivity index is 1.95. The Morgan fingerprint density at radius 3 is 2.29 bits per heavy atom. The van der Waals surface area contributed by atoms with Gasteiger partial charge in [0.15, 0.2) is 0 Å². The number of aliphatic hydroxyl groups is 1. The molecule has 0 saturated heterocycles. The first kappa shape index (κ1) is 12.7. The summed E-state index contributed by atoms with van der Waals surface area (Å²) in [6.45, 7) is 0. The maximum atomic E-state index is 10.4. The third kappa shape index (κ3) is 4.20. The second-order valence-corrected chi connectivity index (χ2v) is 6.43. The molecule has 0 radical (unpaired) electrons. The summed E-state index contributed by atoms with van der Waals surface area (Å²) in [5.41, 5.74) is -0.701. The quantitative estimate of drug-likeness (QED) is 0.477. The maximum absolute atomic E-state index is 10.4. The zero-order valence-electron chi connectivity index (χ0n) is 9.98. The summed E-state index contributed by atoms with van der Waals surface area (Å²) < 4.78 is 1.28. The Labute approximate surface area is 110 Å². The van der Waals surface area contributed by atoms with Gasteiger partial charge in [-0.2, -0.15) is 0 Å². The van der Waals surface area contributed by atoms with Crippen molar-refractivity contribution in [3.63, 3.8) is 0 Å². The predicted octanol–water partition coefficient (Wildman–Crippen LogP) is 2.06. The van der Waals surface area contributed by atoms with Gasteiger partial charge in [0.05, 0.1) is 0 Å². The van der Waals surface area contributed by atoms with Crippen molar-refractivity contribution in [2.24, 2.45) is 0 Å². The Hall–Kier alpha value is -0.741. The minimum absolute atomic E-state index is 0.170. The van der Waals surface area contributed by atoms with Gasteiger partial charge in [0, 0.05) is 0 Å². The second kappa shape index (κ2) is 6.26. The number of rotatable bonds is 1. The fourth-order valence-electron chi connectivity index (χ4n) is 2.11. The van der Waals surface area contributed by atoms with E-state index < -0.39 is 5.60 Å². The minimum atomic E-state index is -0.701. The first-order valence-electron chi connectivity index (χ1n) is 6.25. The van der Waals surface area contributed by atoms with Gasteiger partial charge in [0.25, 0.3) is 0 Å². The molecule has 1 nitrogen and oxygen atoms in total. The molecular formula is C15H18OSe. The molecule has 1 aliphatic carbocycles. The van der Waals surface area contributed by atoms with Gasteiger partial charge in [-0.05, 0) is 0 Å². The predicted molar refractivity (Wildman–Crippen MR) is 72.3 cm³/mol. The summed E-state index contributed by atoms with van der Waals surface area (Å²) in [7, 11) is 0. The van der Waals surface area contributed by atoms with E-state index in [0.717, 1.165) is 25.7 Å². The summed E-state index contributed by atoms with van der Waals surface area (Å²) in [6, 6.07) is 10.3. The van der Waals surface area contributed by atoms with Crippen molar-refractivity contribution in [3.8, 4) is 10.7 Å². The van der Waals surface area contributed by atoms with Crippen LogP contribution in [0.15, 0.2) is 30.3 Å². The van der Waals surface area contributed by atoms with Crippen LogP contribution in [0, 0.1) is 10.7 Å². The molecule has 2 rings (SSSR count). The monoisotopic (exact) mass is 294 g/mol. The zero-order valence-corrected chi connectivity index (χ0v) is 11.7. The van der Waals surface area contributed by atoms with Crippen molar-refractivity contribution in [2.45, 2.75) is 44.1 Å². The van der Waals surface area contributed by atoms with E-state index in [2.05, 4.69) is 22.9 Å². The van der Waals surface area contributed by atoms with Gasteiger partial charge < -0.3 is 0 Å². The number of benzene rings is 1. The SMILES string of the molecule is OC1(C#C[Se]c2ccccc2)CCCCCC1. The van der Waals surface area contributed by atoms with Crippen LogP contribution in [0.2, 0.25) is 0 Å². The van der Waals surface area contributed by atoms with E-state index in [-0.39, 0.29) is 15.0 Å². The van der Waals surface area contributed by atoms with Crippen LogP contribution in [0.3, 0.4) is 0 Å². The summed E-state index contributed by atoms with van der Waals surface area (Å²) in [4.78, 5) is 3.20. The molecule has 0 atom stereocenters. The average Bonchev–Trinajstić information content (AvgIpc) is 2.56. The van der Waals surface area contributed by atoms with E-state index in [9.17, 15) is 5.11 Å². The molecule has 0 aromatic heterocycles. The van der Waals surface area contributed by atoms with Crippen LogP contribution >= 0.6 is 0 Å². The van der Waals surface area contributed by atoms with Gasteiger partial charge in [-0.25, -0.2) is 0 Å². The molecule has 1 aromatic carbocycles. The van der Waals surface area contributed by atoms with Crippen molar-refractivity contribution < 1.29 is 5.11 Å². The first-order valence-corrected chi connectivity index (χ1v) is 7.96. The molecule has 2 heteroatoms. The van der Waals surface area contributed by atoms with E-state index in [1.165, 1.54) is 17.3 Å². The Morgan fingerprint density at radius 2 is 1.65 bits per heavy atom. The number of hydrogen-bond donors (Lipinski definition) is 1. The van der Waals surface area contributed by atoms with E-state index in [4.69, 9.17) is 0 Å². The zero-order chi connectivity index (χ0) is 12.0. The first-order chi connectivity index (χ1) is 8.29. The van der Waals surface area contributed by atoms with Gasteiger partial charge in [0.1, 0.15) is 0 Å². The normalized spacial score (nSPS) is 18.9. The summed E-state index contributed by atoms with van der Waals surface area (Å²) >= 11 is 0.170. The van der Waals surface area contributed by atoms with Crippen LogP contribution in [0.4, 0.5) is 0 Å². The standard InChI is InChI=1S/C15H18OSe/c16-15(10-6-1-2-7-11-15)12-13-17-14-8-4-3-5-9-14/h3-5,8-9,16H,1-2,6-7,10-11H2. The van der Waals surface area contributed by atoms with E-state index in [1.807, 2.05) is 18.2 Å². The van der Waals surface area contributed by atoms with Gasteiger partial charge in [-0.1, -0.05) is 0 Å². The fraction of sp³-hybridized carbons (Fsp3) is 0.467. The topological polar surface area (TPSA) is 20.2 Å². The molecule has 0 heterocycles. The van der Waals surface area contributed by atoms with E-state index in [0.29, 0.717) is 0 Å². The molecule has 0 unspecified atom stereocenters. The summed E-state index contributed by atoms with van der Waals surface area (Å²) in [5, 5.41) is 10.4. The Morgan fingerprint density at radius 1 is 1.00 bits per heavy atom. The van der Waals surface area contributed by atoms with E-state index >= 15 is 0 Å². The second-order valence-electron chi connectivity index (χ2n) is 4.59. The van der Waals surface area contributed by atoms with Gasteiger partial charge >= 0.3 is 110 Å². The van der Waals surface area contributed by atoms with Gasteiger partial charge in [0.2, 0.25) is 0 Å². The van der Waals surface area contributed by atoms with Crippen molar-refractivity contribution in [2.75, 3.05) is 0 Å².